The van der Waals surface area contributed by atoms with Gasteiger partial charge in [-0.15, -0.1) is 5.10 Å². The molecule has 0 bridgehead atoms. The summed E-state index contributed by atoms with van der Waals surface area (Å²) >= 11 is 0. The van der Waals surface area contributed by atoms with Gasteiger partial charge in [0.25, 0.3) is 5.91 Å². The number of phenolic OH excluding ortho intramolecular Hbond substituents is 1. The number of carbonyl (C=O) groups is 13. The molecule has 8 rings (SSSR count). The highest BCUT2D eigenvalue weighted by atomic mass is 33.1. The number of aromatic amines is 1. The van der Waals surface area contributed by atoms with Crippen LogP contribution < -0.4 is 59.3 Å². The molecule has 5 heterocycles. The molecule has 2 unspecified atom stereocenters. The molecule has 10 atom stereocenters. The molecule has 10 amide bonds. The van der Waals surface area contributed by atoms with Gasteiger partial charge in [0, 0.05) is 114 Å². The first-order valence-corrected chi connectivity index (χ1v) is 40.5. The van der Waals surface area contributed by atoms with Crippen LogP contribution in [0.2, 0.25) is 0 Å². The molecule has 2 aliphatic rings. The molecule has 2 fully saturated rings. The number of phenols is 1. The highest BCUT2D eigenvalue weighted by molar-refractivity contribution is 8.76. The second-order valence-corrected chi connectivity index (χ2v) is 30.8. The number of rotatable bonds is 28. The number of halogens is 3. The zero-order valence-electron chi connectivity index (χ0n) is 65.6. The number of aryl methyl sites for hydroxylation is 1. The van der Waals surface area contributed by atoms with Crippen molar-refractivity contribution in [2.45, 2.75) is 126 Å². The molecule has 0 saturated carbocycles. The monoisotopic (exact) mass is 1720 g/mol. The Hall–Kier alpha value is -11.4. The van der Waals surface area contributed by atoms with Crippen LogP contribution in [0.4, 0.5) is 13.2 Å². The number of alkyl halides is 3. The first-order valence-electron chi connectivity index (χ1n) is 38.0. The van der Waals surface area contributed by atoms with Gasteiger partial charge in [-0.25, -0.2) is 19.0 Å². The highest BCUT2D eigenvalue weighted by Gasteiger charge is 2.40. The number of nitrogens with one attached hydrogen (secondary N) is 10. The summed E-state index contributed by atoms with van der Waals surface area (Å²) < 4.78 is 33.7. The quantitative estimate of drug-likeness (QED) is 0.0163. The fraction of sp³-hybridized carbons (Fsp3) is 0.500. The van der Waals surface area contributed by atoms with Gasteiger partial charge in [0.05, 0.1) is 44.5 Å². The number of amides is 10. The standard InChI is InChI=1S/C72H98N20O19S2.C2HF3O2/c1-42(94)54(38-93)81-69(108)56-40-113-112-39-55(68(107)79-52(32-45-16-18-48(96)19-17-45)66(105)80-53(34-47-33-46-13-7-8-14-49(46)76-47)67(106)78-50(15-9-10-21-73)64(103)84-61(43(2)95)71(110)83-56)82-65(104)51(31-44-11-5-4-6-12-44)77-57(97)35-88-23-25-89(36-59(99)100)27-29-91(30-28-90(26-24-88)37-60(101)102)58(98)20-22-74-70(109)62-63-85-86-87(3)72(111)92(63)41-75-62;3-2(4,5)1(6)7/h4-8,11-14,16-19,33,41-43,50-56,61,76,93-96H,9-10,15,20-32,34-40,73H2,1-3H3,(H,74,109)(H,77,97)(H,78,106)(H,79,107)(H,80,105)(H,81,108)(H,82,104)(H,83,110)(H,84,103)(H,99,100)(H,101,102);(H,6,7)/t42-,43-,50?,51-,52+,53-,54-,55?,56+,61+;/m1./s1. The molecule has 654 valence electrons. The number of aliphatic hydroxyl groups is 3. The van der Waals surface area contributed by atoms with Gasteiger partial charge in [-0.3, -0.25) is 72.2 Å². The maximum atomic E-state index is 15.4. The molecule has 3 aromatic carbocycles. The number of fused-ring (bicyclic) bond motifs is 2. The van der Waals surface area contributed by atoms with Gasteiger partial charge in [0.2, 0.25) is 53.2 Å². The van der Waals surface area contributed by atoms with Crippen molar-refractivity contribution >= 4 is 115 Å². The Morgan fingerprint density at radius 1 is 0.675 bits per heavy atom. The summed E-state index contributed by atoms with van der Waals surface area (Å²) in [5.41, 5.74) is 6.97. The first kappa shape index (κ1) is 95.7. The largest absolute Gasteiger partial charge is 0.508 e. The van der Waals surface area contributed by atoms with Crippen molar-refractivity contribution in [2.24, 2.45) is 12.8 Å². The number of para-hydroxylation sites is 1. The number of carboxylic acids is 3. The number of aromatic hydroxyl groups is 1. The van der Waals surface area contributed by atoms with Crippen molar-refractivity contribution in [3.8, 4) is 5.75 Å². The highest BCUT2D eigenvalue weighted by Crippen LogP contribution is 2.25. The minimum atomic E-state index is -5.08. The van der Waals surface area contributed by atoms with Gasteiger partial charge in [-0.2, -0.15) is 17.9 Å². The predicted octanol–water partition coefficient (Wildman–Crippen LogP) is -4.44. The van der Waals surface area contributed by atoms with Crippen molar-refractivity contribution in [1.82, 2.24) is 96.8 Å². The van der Waals surface area contributed by atoms with E-state index in [1.54, 1.807) is 59.5 Å². The van der Waals surface area contributed by atoms with Crippen LogP contribution in [0.15, 0.2) is 96.1 Å². The number of carboxylic acid groups (broad SMARTS) is 3. The summed E-state index contributed by atoms with van der Waals surface area (Å²) in [6.45, 7) is 0.0977. The summed E-state index contributed by atoms with van der Waals surface area (Å²) in [6.07, 6.45) is -7.35. The van der Waals surface area contributed by atoms with Gasteiger partial charge >= 0.3 is 29.8 Å². The van der Waals surface area contributed by atoms with Crippen molar-refractivity contribution < 1.29 is 111 Å². The number of H-pyrrole nitrogens is 1. The zero-order valence-corrected chi connectivity index (χ0v) is 67.2. The number of imidazole rings is 1. The smallest absolute Gasteiger partial charge is 0.490 e. The van der Waals surface area contributed by atoms with Gasteiger partial charge in [0.1, 0.15) is 54.4 Å². The molecular formula is C74H99F3N20O21S2. The molecule has 41 nitrogen and oxygen atoms in total. The number of hydrogen-bond donors (Lipinski definition) is 18. The SMILES string of the molecule is C[C@@H](O)[C@@H]1NC(=O)C(CCCCN)NC(=O)[C@@H](Cc2cc3ccccc3[nH]2)NC(=O)[C@H](Cc2ccc(O)cc2)NC(=O)C(NC(=O)[C@@H](Cc2ccccc2)NC(=O)CN2CCN(CC(=O)O)CCN(C(=O)CCNC(=O)c3ncn4c(=O)n(C)nnc34)CCN(CC(=O)O)CC2)CSSC[C@@H](C(=O)N[C@H](CO)[C@@H](C)O)NC1=O.O=C(O)C(F)(F)F. The third-order valence-electron chi connectivity index (χ3n) is 19.0. The average Bonchev–Trinajstić information content (AvgIpc) is 1.66. The first-order chi connectivity index (χ1) is 57.0. The minimum Gasteiger partial charge on any atom is -0.508 e. The number of aliphatic carboxylic acids is 3. The second-order valence-electron chi connectivity index (χ2n) is 28.3. The Bertz CT molecular complexity index is 4520. The van der Waals surface area contributed by atoms with Crippen LogP contribution in [-0.2, 0) is 83.8 Å². The van der Waals surface area contributed by atoms with E-state index in [0.29, 0.717) is 28.8 Å². The van der Waals surface area contributed by atoms with Crippen LogP contribution >= 0.6 is 21.6 Å². The molecule has 0 radical (unpaired) electrons. The molecule has 120 heavy (non-hydrogen) atoms. The molecule has 2 aliphatic heterocycles. The van der Waals surface area contributed by atoms with E-state index in [9.17, 15) is 91.8 Å². The van der Waals surface area contributed by atoms with Crippen LogP contribution in [0.25, 0.3) is 16.6 Å². The molecule has 0 aliphatic carbocycles. The maximum absolute atomic E-state index is 15.4. The van der Waals surface area contributed by atoms with Gasteiger partial charge in [0.15, 0.2) is 11.3 Å². The predicted molar refractivity (Wildman–Crippen MR) is 426 cm³/mol. The average molecular weight is 1730 g/mol. The van der Waals surface area contributed by atoms with E-state index in [1.807, 2.05) is 6.07 Å². The molecule has 0 spiro atoms. The van der Waals surface area contributed by atoms with Crippen LogP contribution in [0.5, 0.6) is 5.75 Å². The lowest BCUT2D eigenvalue weighted by Crippen LogP contribution is -2.62. The van der Waals surface area contributed by atoms with E-state index >= 15 is 14.4 Å². The fourth-order valence-corrected chi connectivity index (χ4v) is 14.8. The minimum absolute atomic E-state index is 0.00909. The van der Waals surface area contributed by atoms with Crippen LogP contribution in [0, 0.1) is 0 Å². The molecule has 3 aromatic heterocycles. The number of benzene rings is 3. The van der Waals surface area contributed by atoms with Gasteiger partial charge < -0.3 is 99.2 Å². The second kappa shape index (κ2) is 46.8. The van der Waals surface area contributed by atoms with E-state index in [1.165, 1.54) is 59.9 Å². The zero-order chi connectivity index (χ0) is 87.9. The Morgan fingerprint density at radius 3 is 1.84 bits per heavy atom. The van der Waals surface area contributed by atoms with E-state index in [4.69, 9.17) is 15.6 Å². The number of nitrogens with zero attached hydrogens (tertiary/aromatic N) is 9. The number of carbonyl (C=O) groups excluding carboxylic acids is 10. The Morgan fingerprint density at radius 2 is 1.25 bits per heavy atom. The van der Waals surface area contributed by atoms with Crippen molar-refractivity contribution in [1.29, 1.82) is 0 Å². The van der Waals surface area contributed by atoms with E-state index in [-0.39, 0.29) is 127 Å². The Balaban J connectivity index is 0.00000271. The van der Waals surface area contributed by atoms with Crippen LogP contribution in [-0.4, -0.2) is 332 Å². The van der Waals surface area contributed by atoms with E-state index < -0.39 is 181 Å². The van der Waals surface area contributed by atoms with E-state index in [0.717, 1.165) is 42.4 Å². The van der Waals surface area contributed by atoms with Crippen molar-refractivity contribution in [3.05, 3.63) is 124 Å². The lowest BCUT2D eigenvalue weighted by molar-refractivity contribution is -0.192. The number of unbranched alkanes of at least 4 members (excludes halogenated alkanes) is 1. The van der Waals surface area contributed by atoms with Crippen LogP contribution in [0.1, 0.15) is 66.8 Å². The maximum Gasteiger partial charge on any atom is 0.490 e. The Kier molecular flexibility index (Phi) is 37.4. The lowest BCUT2D eigenvalue weighted by atomic mass is 10.0. The number of aromatic nitrogens is 6. The molecule has 46 heteroatoms. The molecule has 6 aromatic rings. The summed E-state index contributed by atoms with van der Waals surface area (Å²) in [5, 5.41) is 102. The number of hydrogen-bond acceptors (Lipinski definition) is 27. The summed E-state index contributed by atoms with van der Waals surface area (Å²) in [7, 11) is 3.14. The van der Waals surface area contributed by atoms with Gasteiger partial charge in [-0.1, -0.05) is 87.5 Å². The summed E-state index contributed by atoms with van der Waals surface area (Å²) in [4.78, 5) is 205. The molecular weight excluding hydrogens is 1630 g/mol. The fourth-order valence-electron chi connectivity index (χ4n) is 12.4. The molecule has 19 N–H and O–H groups in total. The normalized spacial score (nSPS) is 20.1. The number of aliphatic hydroxyl groups excluding tert-OH is 3. The van der Waals surface area contributed by atoms with Crippen molar-refractivity contribution in [3.63, 3.8) is 0 Å². The van der Waals surface area contributed by atoms with Crippen molar-refractivity contribution in [2.75, 3.05) is 103 Å². The Labute approximate surface area is 691 Å². The van der Waals surface area contributed by atoms with Crippen LogP contribution in [0.3, 0.4) is 0 Å². The molecule has 2 saturated heterocycles. The third kappa shape index (κ3) is 30.4. The third-order valence-corrected chi connectivity index (χ3v) is 21.4. The topological polar surface area (TPSA) is 592 Å². The van der Waals surface area contributed by atoms with Gasteiger partial charge in [-0.05, 0) is 80.4 Å². The lowest BCUT2D eigenvalue weighted by Gasteiger charge is -2.33. The number of nitrogens with two attached hydrogens (primary N) is 1. The summed E-state index contributed by atoms with van der Waals surface area (Å²) in [5.74, 6) is -14.8. The summed E-state index contributed by atoms with van der Waals surface area (Å²) in [6, 6.07) is 10.7. The van der Waals surface area contributed by atoms with E-state index in [2.05, 4.69) is 68.1 Å².